The molecule has 0 fully saturated rings. The summed E-state index contributed by atoms with van der Waals surface area (Å²) in [6.07, 6.45) is 2.10. The van der Waals surface area contributed by atoms with Gasteiger partial charge in [0, 0.05) is 6.04 Å². The normalized spacial score (nSPS) is 14.0. The highest BCUT2D eigenvalue weighted by molar-refractivity contribution is 5.63. The molecule has 0 amide bonds. The Kier molecular flexibility index (Phi) is 4.91. The molecule has 106 valence electrons. The monoisotopic (exact) mass is 271 g/mol. The maximum Gasteiger partial charge on any atom is 0.123 e. The molecular formula is C18H22FN. The molecule has 0 radical (unpaired) electrons. The predicted octanol–water partition coefficient (Wildman–Crippen LogP) is 4.72. The largest absolute Gasteiger partial charge is 0.328 e. The Bertz CT molecular complexity index is 528. The molecule has 2 N–H and O–H groups in total. The highest BCUT2D eigenvalue weighted by atomic mass is 19.1. The van der Waals surface area contributed by atoms with E-state index in [1.165, 1.54) is 17.7 Å². The molecule has 0 aliphatic heterocycles. The van der Waals surface area contributed by atoms with Crippen molar-refractivity contribution >= 4 is 0 Å². The Labute approximate surface area is 120 Å². The average Bonchev–Trinajstić information content (AvgIpc) is 2.46. The van der Waals surface area contributed by atoms with E-state index < -0.39 is 0 Å². The Balaban J connectivity index is 2.18. The third-order valence-corrected chi connectivity index (χ3v) is 3.71. The average molecular weight is 271 g/mol. The van der Waals surface area contributed by atoms with Crippen molar-refractivity contribution in [3.8, 4) is 11.1 Å². The SMILES string of the molecule is CCC(CC(C)N)c1ccc(-c2ccc(F)cc2)cc1. The number of rotatable bonds is 5. The van der Waals surface area contributed by atoms with E-state index in [1.807, 2.05) is 12.1 Å². The highest BCUT2D eigenvalue weighted by Crippen LogP contribution is 2.27. The van der Waals surface area contributed by atoms with E-state index in [1.54, 1.807) is 0 Å². The molecule has 0 saturated carbocycles. The molecule has 2 aromatic rings. The lowest BCUT2D eigenvalue weighted by Gasteiger charge is -2.18. The zero-order valence-electron chi connectivity index (χ0n) is 12.1. The van der Waals surface area contributed by atoms with Gasteiger partial charge in [-0.15, -0.1) is 0 Å². The summed E-state index contributed by atoms with van der Waals surface area (Å²) >= 11 is 0. The van der Waals surface area contributed by atoms with Gasteiger partial charge in [0.05, 0.1) is 0 Å². The van der Waals surface area contributed by atoms with Gasteiger partial charge in [-0.05, 0) is 54.5 Å². The zero-order valence-corrected chi connectivity index (χ0v) is 12.1. The minimum atomic E-state index is -0.201. The van der Waals surface area contributed by atoms with Gasteiger partial charge in [-0.25, -0.2) is 4.39 Å². The van der Waals surface area contributed by atoms with Gasteiger partial charge in [-0.1, -0.05) is 43.3 Å². The third kappa shape index (κ3) is 3.67. The van der Waals surface area contributed by atoms with Crippen molar-refractivity contribution in [1.82, 2.24) is 0 Å². The maximum absolute atomic E-state index is 12.9. The number of halogens is 1. The van der Waals surface area contributed by atoms with Crippen LogP contribution in [0.2, 0.25) is 0 Å². The predicted molar refractivity (Wildman–Crippen MR) is 83.1 cm³/mol. The first kappa shape index (κ1) is 14.7. The summed E-state index contributed by atoms with van der Waals surface area (Å²) in [5.74, 6) is 0.311. The molecule has 2 heteroatoms. The number of hydrogen-bond acceptors (Lipinski definition) is 1. The van der Waals surface area contributed by atoms with Gasteiger partial charge in [-0.2, -0.15) is 0 Å². The fraction of sp³-hybridized carbons (Fsp3) is 0.333. The smallest absolute Gasteiger partial charge is 0.123 e. The van der Waals surface area contributed by atoms with Crippen LogP contribution in [-0.4, -0.2) is 6.04 Å². The van der Waals surface area contributed by atoms with Crippen molar-refractivity contribution in [2.24, 2.45) is 5.73 Å². The standard InChI is InChI=1S/C18H22FN/c1-3-14(12-13(2)20)15-4-6-16(7-5-15)17-8-10-18(19)11-9-17/h4-11,13-14H,3,12,20H2,1-2H3. The fourth-order valence-corrected chi connectivity index (χ4v) is 2.58. The van der Waals surface area contributed by atoms with Crippen LogP contribution in [0.25, 0.3) is 11.1 Å². The minimum absolute atomic E-state index is 0.201. The van der Waals surface area contributed by atoms with Crippen LogP contribution in [0.3, 0.4) is 0 Å². The summed E-state index contributed by atoms with van der Waals surface area (Å²) in [5.41, 5.74) is 9.39. The first-order chi connectivity index (χ1) is 9.60. The van der Waals surface area contributed by atoms with E-state index in [0.717, 1.165) is 24.0 Å². The number of nitrogens with two attached hydrogens (primary N) is 1. The van der Waals surface area contributed by atoms with Gasteiger partial charge in [0.2, 0.25) is 0 Å². The van der Waals surface area contributed by atoms with Crippen LogP contribution in [0.4, 0.5) is 4.39 Å². The molecule has 0 aromatic heterocycles. The van der Waals surface area contributed by atoms with Gasteiger partial charge >= 0.3 is 0 Å². The van der Waals surface area contributed by atoms with Crippen LogP contribution >= 0.6 is 0 Å². The Morgan fingerprint density at radius 3 is 1.90 bits per heavy atom. The molecule has 2 rings (SSSR count). The van der Waals surface area contributed by atoms with E-state index in [2.05, 4.69) is 38.1 Å². The van der Waals surface area contributed by atoms with Crippen LogP contribution in [0.1, 0.15) is 38.2 Å². The topological polar surface area (TPSA) is 26.0 Å². The van der Waals surface area contributed by atoms with Crippen LogP contribution < -0.4 is 5.73 Å². The zero-order chi connectivity index (χ0) is 14.5. The summed E-state index contributed by atoms with van der Waals surface area (Å²) in [7, 11) is 0. The lowest BCUT2D eigenvalue weighted by Crippen LogP contribution is -2.18. The van der Waals surface area contributed by atoms with Crippen molar-refractivity contribution in [2.75, 3.05) is 0 Å². The van der Waals surface area contributed by atoms with Crippen LogP contribution in [0, 0.1) is 5.82 Å². The van der Waals surface area contributed by atoms with Gasteiger partial charge in [-0.3, -0.25) is 0 Å². The van der Waals surface area contributed by atoms with Crippen molar-refractivity contribution < 1.29 is 4.39 Å². The summed E-state index contributed by atoms with van der Waals surface area (Å²) in [6.45, 7) is 4.25. The molecule has 1 nitrogen and oxygen atoms in total. The molecule has 0 aliphatic rings. The molecule has 0 aliphatic carbocycles. The first-order valence-corrected chi connectivity index (χ1v) is 7.21. The number of hydrogen-bond donors (Lipinski definition) is 1. The first-order valence-electron chi connectivity index (χ1n) is 7.21. The second-order valence-electron chi connectivity index (χ2n) is 5.45. The van der Waals surface area contributed by atoms with Gasteiger partial charge in [0.15, 0.2) is 0 Å². The lowest BCUT2D eigenvalue weighted by molar-refractivity contribution is 0.540. The van der Waals surface area contributed by atoms with E-state index >= 15 is 0 Å². The second-order valence-corrected chi connectivity index (χ2v) is 5.45. The Morgan fingerprint density at radius 1 is 0.950 bits per heavy atom. The second kappa shape index (κ2) is 6.67. The summed E-state index contributed by atoms with van der Waals surface area (Å²) in [4.78, 5) is 0. The van der Waals surface area contributed by atoms with Gasteiger partial charge in [0.1, 0.15) is 5.82 Å². The third-order valence-electron chi connectivity index (χ3n) is 3.71. The van der Waals surface area contributed by atoms with Crippen LogP contribution in [-0.2, 0) is 0 Å². The summed E-state index contributed by atoms with van der Waals surface area (Å²) < 4.78 is 12.9. The molecule has 0 saturated heterocycles. The van der Waals surface area contributed by atoms with Crippen molar-refractivity contribution in [3.05, 3.63) is 59.9 Å². The molecule has 2 aromatic carbocycles. The molecule has 2 unspecified atom stereocenters. The van der Waals surface area contributed by atoms with Crippen molar-refractivity contribution in [2.45, 2.75) is 38.6 Å². The summed E-state index contributed by atoms with van der Waals surface area (Å²) in [6, 6.07) is 15.4. The van der Waals surface area contributed by atoms with Crippen LogP contribution in [0.5, 0.6) is 0 Å². The van der Waals surface area contributed by atoms with Crippen molar-refractivity contribution in [1.29, 1.82) is 0 Å². The van der Waals surface area contributed by atoms with E-state index in [9.17, 15) is 4.39 Å². The quantitative estimate of drug-likeness (QED) is 0.836. The van der Waals surface area contributed by atoms with E-state index in [-0.39, 0.29) is 11.9 Å². The maximum atomic E-state index is 12.9. The lowest BCUT2D eigenvalue weighted by atomic mass is 9.89. The highest BCUT2D eigenvalue weighted by Gasteiger charge is 2.11. The van der Waals surface area contributed by atoms with Crippen molar-refractivity contribution in [3.63, 3.8) is 0 Å². The Hall–Kier alpha value is -1.67. The van der Waals surface area contributed by atoms with E-state index in [0.29, 0.717) is 5.92 Å². The van der Waals surface area contributed by atoms with Gasteiger partial charge < -0.3 is 5.73 Å². The molecule has 0 bridgehead atoms. The van der Waals surface area contributed by atoms with Crippen LogP contribution in [0.15, 0.2) is 48.5 Å². The molecule has 20 heavy (non-hydrogen) atoms. The van der Waals surface area contributed by atoms with E-state index in [4.69, 9.17) is 5.73 Å². The fourth-order valence-electron chi connectivity index (χ4n) is 2.58. The Morgan fingerprint density at radius 2 is 1.45 bits per heavy atom. The molecule has 0 spiro atoms. The number of benzene rings is 2. The van der Waals surface area contributed by atoms with Gasteiger partial charge in [0.25, 0.3) is 0 Å². The molecule has 0 heterocycles. The summed E-state index contributed by atoms with van der Waals surface area (Å²) in [5, 5.41) is 0. The minimum Gasteiger partial charge on any atom is -0.328 e. The molecule has 2 atom stereocenters. The molecular weight excluding hydrogens is 249 g/mol.